The van der Waals surface area contributed by atoms with E-state index >= 15 is 0 Å². The molecule has 0 aliphatic heterocycles. The quantitative estimate of drug-likeness (QED) is 0.567. The second-order valence-electron chi connectivity index (χ2n) is 2.57. The van der Waals surface area contributed by atoms with E-state index in [2.05, 4.69) is 0 Å². The molecule has 0 saturated heterocycles. The molecule has 5 nitrogen and oxygen atoms in total. The molecule has 0 bridgehead atoms. The zero-order valence-electron chi connectivity index (χ0n) is 6.98. The molecule has 0 aromatic heterocycles. The highest BCUT2D eigenvalue weighted by Gasteiger charge is 2.19. The van der Waals surface area contributed by atoms with Gasteiger partial charge in [-0.1, -0.05) is 0 Å². The van der Waals surface area contributed by atoms with Crippen LogP contribution in [0.3, 0.4) is 0 Å². The minimum atomic E-state index is -1.19. The molecule has 0 radical (unpaired) electrons. The molecule has 0 aliphatic rings. The van der Waals surface area contributed by atoms with Crippen LogP contribution in [0.5, 0.6) is 0 Å². The maximum atomic E-state index is 12.7. The van der Waals surface area contributed by atoms with Gasteiger partial charge in [-0.05, 0) is 12.1 Å². The van der Waals surface area contributed by atoms with Crippen molar-refractivity contribution in [2.45, 2.75) is 6.04 Å². The summed E-state index contributed by atoms with van der Waals surface area (Å²) in [6.45, 7) is 0. The number of hydrogen-bond donors (Lipinski definition) is 1. The van der Waals surface area contributed by atoms with Crippen LogP contribution in [0.15, 0.2) is 18.2 Å². The molecule has 0 fully saturated rings. The average molecular weight is 195 g/mol. The number of nitro groups is 1. The SMILES string of the molecule is N#CC(N)c1cc(F)ccc1[N+](=O)[O-]. The van der Waals surface area contributed by atoms with Crippen LogP contribution >= 0.6 is 0 Å². The summed E-state index contributed by atoms with van der Waals surface area (Å²) in [5.41, 5.74) is 4.81. The maximum Gasteiger partial charge on any atom is 0.275 e. The molecule has 0 heterocycles. The maximum absolute atomic E-state index is 12.7. The van der Waals surface area contributed by atoms with E-state index in [1.54, 1.807) is 6.07 Å². The highest BCUT2D eigenvalue weighted by molar-refractivity contribution is 5.44. The Morgan fingerprint density at radius 1 is 1.64 bits per heavy atom. The minimum absolute atomic E-state index is 0.113. The molecule has 1 unspecified atom stereocenters. The first kappa shape index (κ1) is 10.1. The van der Waals surface area contributed by atoms with Gasteiger partial charge < -0.3 is 5.73 Å². The van der Waals surface area contributed by atoms with Gasteiger partial charge in [-0.15, -0.1) is 0 Å². The number of rotatable bonds is 2. The summed E-state index contributed by atoms with van der Waals surface area (Å²) in [7, 11) is 0. The molecule has 0 spiro atoms. The van der Waals surface area contributed by atoms with Crippen LogP contribution in [0.4, 0.5) is 10.1 Å². The van der Waals surface area contributed by atoms with Crippen molar-refractivity contribution >= 4 is 5.69 Å². The van der Waals surface area contributed by atoms with Gasteiger partial charge in [0, 0.05) is 6.07 Å². The molecule has 2 N–H and O–H groups in total. The Morgan fingerprint density at radius 3 is 2.79 bits per heavy atom. The minimum Gasteiger partial charge on any atom is -0.312 e. The van der Waals surface area contributed by atoms with Gasteiger partial charge in [0.25, 0.3) is 5.69 Å². The fraction of sp³-hybridized carbons (Fsp3) is 0.125. The first-order valence-corrected chi connectivity index (χ1v) is 3.65. The molecular weight excluding hydrogens is 189 g/mol. The van der Waals surface area contributed by atoms with E-state index in [0.29, 0.717) is 0 Å². The van der Waals surface area contributed by atoms with E-state index in [9.17, 15) is 14.5 Å². The Labute approximate surface area is 78.7 Å². The van der Waals surface area contributed by atoms with E-state index in [-0.39, 0.29) is 11.3 Å². The van der Waals surface area contributed by atoms with Gasteiger partial charge in [-0.3, -0.25) is 10.1 Å². The molecule has 72 valence electrons. The van der Waals surface area contributed by atoms with Crippen molar-refractivity contribution in [3.05, 3.63) is 39.7 Å². The predicted octanol–water partition coefficient (Wildman–Crippen LogP) is 1.26. The van der Waals surface area contributed by atoms with Gasteiger partial charge >= 0.3 is 0 Å². The Bertz CT molecular complexity index is 414. The van der Waals surface area contributed by atoms with Crippen LogP contribution in [0, 0.1) is 27.3 Å². The normalized spacial score (nSPS) is 11.8. The van der Waals surface area contributed by atoms with E-state index in [0.717, 1.165) is 18.2 Å². The number of hydrogen-bond acceptors (Lipinski definition) is 4. The third kappa shape index (κ3) is 1.84. The van der Waals surface area contributed by atoms with Gasteiger partial charge in [-0.2, -0.15) is 5.26 Å². The molecule has 0 aliphatic carbocycles. The lowest BCUT2D eigenvalue weighted by Crippen LogP contribution is -2.10. The summed E-state index contributed by atoms with van der Waals surface area (Å²) in [5, 5.41) is 18.9. The Kier molecular flexibility index (Phi) is 2.74. The number of nitro benzene ring substituents is 1. The number of halogens is 1. The second kappa shape index (κ2) is 3.81. The van der Waals surface area contributed by atoms with Gasteiger partial charge in [0.1, 0.15) is 11.9 Å². The van der Waals surface area contributed by atoms with Gasteiger partial charge in [0.15, 0.2) is 0 Å². The first-order valence-electron chi connectivity index (χ1n) is 3.65. The van der Waals surface area contributed by atoms with Crippen molar-refractivity contribution in [2.24, 2.45) is 5.73 Å². The molecule has 1 aromatic carbocycles. The molecular formula is C8H6FN3O2. The molecule has 14 heavy (non-hydrogen) atoms. The van der Waals surface area contributed by atoms with Crippen LogP contribution in [0.2, 0.25) is 0 Å². The highest BCUT2D eigenvalue weighted by Crippen LogP contribution is 2.23. The standard InChI is InChI=1S/C8H6FN3O2/c9-5-1-2-8(12(13)14)6(3-5)7(11)4-10/h1-3,7H,11H2. The monoisotopic (exact) mass is 195 g/mol. The van der Waals surface area contributed by atoms with E-state index in [1.165, 1.54) is 0 Å². The van der Waals surface area contributed by atoms with Crippen LogP contribution in [-0.2, 0) is 0 Å². The van der Waals surface area contributed by atoms with Crippen LogP contribution in [0.1, 0.15) is 11.6 Å². The smallest absolute Gasteiger partial charge is 0.275 e. The largest absolute Gasteiger partial charge is 0.312 e. The van der Waals surface area contributed by atoms with Crippen molar-refractivity contribution in [1.82, 2.24) is 0 Å². The van der Waals surface area contributed by atoms with Crippen molar-refractivity contribution < 1.29 is 9.31 Å². The number of benzene rings is 1. The average Bonchev–Trinajstić information content (AvgIpc) is 2.16. The summed E-state index contributed by atoms with van der Waals surface area (Å²) in [4.78, 5) is 9.77. The fourth-order valence-electron chi connectivity index (χ4n) is 1.01. The van der Waals surface area contributed by atoms with Crippen molar-refractivity contribution in [2.75, 3.05) is 0 Å². The third-order valence-corrected chi connectivity index (χ3v) is 1.66. The zero-order valence-corrected chi connectivity index (χ0v) is 6.98. The lowest BCUT2D eigenvalue weighted by Gasteiger charge is -2.03. The topological polar surface area (TPSA) is 93.0 Å². The number of nitrogens with two attached hydrogens (primary N) is 1. The third-order valence-electron chi connectivity index (χ3n) is 1.66. The molecule has 6 heteroatoms. The van der Waals surface area contributed by atoms with Crippen LogP contribution < -0.4 is 5.73 Å². The van der Waals surface area contributed by atoms with Crippen molar-refractivity contribution in [1.29, 1.82) is 5.26 Å². The first-order chi connectivity index (χ1) is 6.56. The van der Waals surface area contributed by atoms with Crippen molar-refractivity contribution in [3.63, 3.8) is 0 Å². The molecule has 1 rings (SSSR count). The second-order valence-corrected chi connectivity index (χ2v) is 2.57. The fourth-order valence-corrected chi connectivity index (χ4v) is 1.01. The van der Waals surface area contributed by atoms with Gasteiger partial charge in [-0.25, -0.2) is 4.39 Å². The lowest BCUT2D eigenvalue weighted by atomic mass is 10.1. The van der Waals surface area contributed by atoms with Gasteiger partial charge in [0.2, 0.25) is 0 Å². The summed E-state index contributed by atoms with van der Waals surface area (Å²) < 4.78 is 12.7. The zero-order chi connectivity index (χ0) is 10.7. The van der Waals surface area contributed by atoms with Crippen molar-refractivity contribution in [3.8, 4) is 6.07 Å². The van der Waals surface area contributed by atoms with E-state index in [4.69, 9.17) is 11.0 Å². The summed E-state index contributed by atoms with van der Waals surface area (Å²) in [6.07, 6.45) is 0. The lowest BCUT2D eigenvalue weighted by molar-refractivity contribution is -0.385. The molecule has 1 aromatic rings. The Hall–Kier alpha value is -2.00. The predicted molar refractivity (Wildman–Crippen MR) is 45.6 cm³/mol. The summed E-state index contributed by atoms with van der Waals surface area (Å²) >= 11 is 0. The Balaban J connectivity index is 3.31. The van der Waals surface area contributed by atoms with E-state index < -0.39 is 16.8 Å². The molecule has 0 amide bonds. The van der Waals surface area contributed by atoms with Gasteiger partial charge in [0.05, 0.1) is 16.6 Å². The van der Waals surface area contributed by atoms with Crippen LogP contribution in [-0.4, -0.2) is 4.92 Å². The number of nitriles is 1. The molecule has 0 saturated carbocycles. The Morgan fingerprint density at radius 2 is 2.29 bits per heavy atom. The highest BCUT2D eigenvalue weighted by atomic mass is 19.1. The van der Waals surface area contributed by atoms with Crippen LogP contribution in [0.25, 0.3) is 0 Å². The molecule has 1 atom stereocenters. The number of nitrogens with zero attached hydrogens (tertiary/aromatic N) is 2. The van der Waals surface area contributed by atoms with E-state index in [1.807, 2.05) is 0 Å². The summed E-state index contributed by atoms with van der Waals surface area (Å²) in [5.74, 6) is -0.656. The summed E-state index contributed by atoms with van der Waals surface area (Å²) in [6, 6.07) is 3.25.